The summed E-state index contributed by atoms with van der Waals surface area (Å²) < 4.78 is 11.1. The Bertz CT molecular complexity index is 656. The van der Waals surface area contributed by atoms with E-state index in [4.69, 9.17) is 9.47 Å². The van der Waals surface area contributed by atoms with Gasteiger partial charge in [0.2, 0.25) is 0 Å². The second-order valence-electron chi connectivity index (χ2n) is 4.81. The Labute approximate surface area is 118 Å². The van der Waals surface area contributed by atoms with E-state index < -0.39 is 0 Å². The van der Waals surface area contributed by atoms with Crippen LogP contribution in [0.2, 0.25) is 0 Å². The van der Waals surface area contributed by atoms with Crippen molar-refractivity contribution in [3.05, 3.63) is 53.6 Å². The number of fused-ring (bicyclic) bond motifs is 1. The molecule has 102 valence electrons. The first-order chi connectivity index (χ1) is 9.67. The van der Waals surface area contributed by atoms with Crippen LogP contribution in [0.25, 0.3) is 11.6 Å². The highest BCUT2D eigenvalue weighted by Crippen LogP contribution is 2.36. The lowest BCUT2D eigenvalue weighted by Crippen LogP contribution is -2.17. The van der Waals surface area contributed by atoms with E-state index in [1.165, 1.54) is 0 Å². The van der Waals surface area contributed by atoms with Gasteiger partial charge in [-0.15, -0.1) is 0 Å². The third kappa shape index (κ3) is 2.23. The van der Waals surface area contributed by atoms with Gasteiger partial charge in [-0.1, -0.05) is 12.1 Å². The van der Waals surface area contributed by atoms with Gasteiger partial charge >= 0.3 is 0 Å². The Morgan fingerprint density at radius 2 is 1.85 bits per heavy atom. The molecule has 1 aliphatic rings. The van der Waals surface area contributed by atoms with Gasteiger partial charge in [-0.2, -0.15) is 0 Å². The molecule has 1 heterocycles. The second kappa shape index (κ2) is 4.93. The summed E-state index contributed by atoms with van der Waals surface area (Å²) in [5, 5.41) is 9.50. The minimum absolute atomic E-state index is 0.0577. The van der Waals surface area contributed by atoms with E-state index >= 15 is 0 Å². The molecule has 3 nitrogen and oxygen atoms in total. The van der Waals surface area contributed by atoms with Gasteiger partial charge in [0.25, 0.3) is 0 Å². The molecule has 0 radical (unpaired) electrons. The molecule has 1 atom stereocenters. The van der Waals surface area contributed by atoms with Gasteiger partial charge in [0.15, 0.2) is 0 Å². The highest BCUT2D eigenvalue weighted by Gasteiger charge is 2.20. The van der Waals surface area contributed by atoms with Gasteiger partial charge in [0.1, 0.15) is 23.4 Å². The fourth-order valence-electron chi connectivity index (χ4n) is 2.38. The van der Waals surface area contributed by atoms with E-state index in [0.29, 0.717) is 0 Å². The summed E-state index contributed by atoms with van der Waals surface area (Å²) in [7, 11) is 1.66. The van der Waals surface area contributed by atoms with Crippen molar-refractivity contribution in [2.45, 2.75) is 13.0 Å². The van der Waals surface area contributed by atoms with Gasteiger partial charge in [-0.25, -0.2) is 0 Å². The van der Waals surface area contributed by atoms with E-state index in [2.05, 4.69) is 6.08 Å². The molecule has 0 spiro atoms. The van der Waals surface area contributed by atoms with Crippen LogP contribution in [0.1, 0.15) is 18.1 Å². The van der Waals surface area contributed by atoms with E-state index in [9.17, 15) is 5.11 Å². The molecule has 0 aliphatic carbocycles. The van der Waals surface area contributed by atoms with Crippen molar-refractivity contribution in [1.82, 2.24) is 0 Å². The minimum atomic E-state index is -0.0577. The molecule has 3 rings (SSSR count). The molecule has 1 unspecified atom stereocenters. The van der Waals surface area contributed by atoms with Crippen molar-refractivity contribution in [2.24, 2.45) is 0 Å². The molecule has 0 saturated carbocycles. The number of phenols is 1. The summed E-state index contributed by atoms with van der Waals surface area (Å²) in [5.41, 5.74) is 3.20. The van der Waals surface area contributed by atoms with Crippen molar-refractivity contribution in [2.75, 3.05) is 7.11 Å². The summed E-state index contributed by atoms with van der Waals surface area (Å²) in [5.74, 6) is 1.77. The summed E-state index contributed by atoms with van der Waals surface area (Å²) in [6, 6.07) is 13.1. The third-order valence-electron chi connectivity index (χ3n) is 3.47. The van der Waals surface area contributed by atoms with Crippen LogP contribution in [0.5, 0.6) is 17.2 Å². The Morgan fingerprint density at radius 3 is 2.55 bits per heavy atom. The smallest absolute Gasteiger partial charge is 0.131 e. The zero-order chi connectivity index (χ0) is 14.1. The minimum Gasteiger partial charge on any atom is -0.508 e. The lowest BCUT2D eigenvalue weighted by Gasteiger charge is -2.25. The standard InChI is InChI=1S/C17H16O3/c1-11-16(12-4-7-15(19-2)8-5-12)9-13-3-6-14(18)10-17(13)20-11/h3-11,18H,1-2H3. The topological polar surface area (TPSA) is 38.7 Å². The largest absolute Gasteiger partial charge is 0.508 e. The van der Waals surface area contributed by atoms with Crippen LogP contribution in [-0.2, 0) is 0 Å². The molecule has 3 heteroatoms. The number of aromatic hydroxyl groups is 1. The van der Waals surface area contributed by atoms with Crippen LogP contribution in [0.3, 0.4) is 0 Å². The monoisotopic (exact) mass is 268 g/mol. The molecule has 2 aromatic rings. The van der Waals surface area contributed by atoms with Gasteiger partial charge in [-0.3, -0.25) is 0 Å². The number of hydrogen-bond donors (Lipinski definition) is 1. The third-order valence-corrected chi connectivity index (χ3v) is 3.47. The van der Waals surface area contributed by atoms with Crippen LogP contribution in [-0.4, -0.2) is 18.3 Å². The molecule has 20 heavy (non-hydrogen) atoms. The maximum absolute atomic E-state index is 9.50. The fourth-order valence-corrected chi connectivity index (χ4v) is 2.38. The first-order valence-corrected chi connectivity index (χ1v) is 6.53. The molecule has 0 aromatic heterocycles. The summed E-state index contributed by atoms with van der Waals surface area (Å²) in [6.07, 6.45) is 2.04. The van der Waals surface area contributed by atoms with Gasteiger partial charge in [0, 0.05) is 11.6 Å². The number of phenolic OH excluding ortho intramolecular Hbond substituents is 1. The SMILES string of the molecule is COc1ccc(C2=Cc3ccc(O)cc3OC2C)cc1. The summed E-state index contributed by atoms with van der Waals surface area (Å²) >= 11 is 0. The zero-order valence-electron chi connectivity index (χ0n) is 11.5. The van der Waals surface area contributed by atoms with Crippen molar-refractivity contribution in [1.29, 1.82) is 0 Å². The van der Waals surface area contributed by atoms with Crippen LogP contribution in [0, 0.1) is 0 Å². The molecule has 0 saturated heterocycles. The molecule has 2 aromatic carbocycles. The van der Waals surface area contributed by atoms with Crippen LogP contribution >= 0.6 is 0 Å². The number of benzene rings is 2. The average molecular weight is 268 g/mol. The molecular formula is C17H16O3. The molecule has 0 bridgehead atoms. The predicted molar refractivity (Wildman–Crippen MR) is 79.1 cm³/mol. The zero-order valence-corrected chi connectivity index (χ0v) is 11.5. The Balaban J connectivity index is 2.01. The lowest BCUT2D eigenvalue weighted by atomic mass is 9.96. The molecular weight excluding hydrogens is 252 g/mol. The molecule has 1 aliphatic heterocycles. The number of rotatable bonds is 2. The molecule has 0 fully saturated rings. The number of ether oxygens (including phenoxy) is 2. The van der Waals surface area contributed by atoms with Crippen LogP contribution < -0.4 is 9.47 Å². The van der Waals surface area contributed by atoms with Crippen LogP contribution in [0.15, 0.2) is 42.5 Å². The van der Waals surface area contributed by atoms with Gasteiger partial charge < -0.3 is 14.6 Å². The van der Waals surface area contributed by atoms with Gasteiger partial charge in [-0.05, 0) is 48.4 Å². The quantitative estimate of drug-likeness (QED) is 0.902. The van der Waals surface area contributed by atoms with Crippen molar-refractivity contribution < 1.29 is 14.6 Å². The maximum atomic E-state index is 9.50. The van der Waals surface area contributed by atoms with E-state index in [1.54, 1.807) is 19.2 Å². The fraction of sp³-hybridized carbons (Fsp3) is 0.176. The maximum Gasteiger partial charge on any atom is 0.131 e. The Morgan fingerprint density at radius 1 is 1.10 bits per heavy atom. The lowest BCUT2D eigenvalue weighted by molar-refractivity contribution is 0.273. The van der Waals surface area contributed by atoms with Crippen molar-refractivity contribution >= 4 is 11.6 Å². The summed E-state index contributed by atoms with van der Waals surface area (Å²) in [4.78, 5) is 0. The Kier molecular flexibility index (Phi) is 3.11. The van der Waals surface area contributed by atoms with E-state index in [1.807, 2.05) is 37.3 Å². The first-order valence-electron chi connectivity index (χ1n) is 6.53. The van der Waals surface area contributed by atoms with E-state index in [-0.39, 0.29) is 11.9 Å². The Hall–Kier alpha value is -2.42. The van der Waals surface area contributed by atoms with Gasteiger partial charge in [0.05, 0.1) is 7.11 Å². The predicted octanol–water partition coefficient (Wildman–Crippen LogP) is 3.72. The van der Waals surface area contributed by atoms with Crippen molar-refractivity contribution in [3.63, 3.8) is 0 Å². The highest BCUT2D eigenvalue weighted by atomic mass is 16.5. The van der Waals surface area contributed by atoms with E-state index in [0.717, 1.165) is 28.2 Å². The first kappa shape index (κ1) is 12.6. The molecule has 1 N–H and O–H groups in total. The second-order valence-corrected chi connectivity index (χ2v) is 4.81. The molecule has 0 amide bonds. The average Bonchev–Trinajstić information content (AvgIpc) is 2.46. The number of methoxy groups -OCH3 is 1. The van der Waals surface area contributed by atoms with Crippen LogP contribution in [0.4, 0.5) is 0 Å². The normalized spacial score (nSPS) is 16.9. The van der Waals surface area contributed by atoms with Crippen molar-refractivity contribution in [3.8, 4) is 17.2 Å². The number of hydrogen-bond acceptors (Lipinski definition) is 3. The highest BCUT2D eigenvalue weighted by molar-refractivity contribution is 5.87. The summed E-state index contributed by atoms with van der Waals surface area (Å²) in [6.45, 7) is 2.00.